The zero-order valence-corrected chi connectivity index (χ0v) is 17.7. The first-order chi connectivity index (χ1) is 13.3. The monoisotopic (exact) mass is 385 g/mol. The van der Waals surface area contributed by atoms with Gasteiger partial charge in [0, 0.05) is 29.4 Å². The molecule has 1 aliphatic heterocycles. The van der Waals surface area contributed by atoms with Crippen LogP contribution >= 0.6 is 0 Å². The Morgan fingerprint density at radius 3 is 2.79 bits per heavy atom. The van der Waals surface area contributed by atoms with Crippen LogP contribution in [0.1, 0.15) is 69.8 Å². The molecule has 0 aromatic carbocycles. The fourth-order valence-electron chi connectivity index (χ4n) is 4.63. The van der Waals surface area contributed by atoms with Crippen LogP contribution in [0, 0.1) is 5.92 Å². The second kappa shape index (κ2) is 9.17. The van der Waals surface area contributed by atoms with Gasteiger partial charge in [0.25, 0.3) is 0 Å². The molecule has 3 rings (SSSR count). The fourth-order valence-corrected chi connectivity index (χ4v) is 4.63. The van der Waals surface area contributed by atoms with E-state index in [2.05, 4.69) is 36.2 Å². The highest BCUT2D eigenvalue weighted by Gasteiger charge is 2.37. The summed E-state index contributed by atoms with van der Waals surface area (Å²) >= 11 is 0. The fraction of sp³-hybridized carbons (Fsp3) is 0.696. The van der Waals surface area contributed by atoms with Gasteiger partial charge in [-0.2, -0.15) is 0 Å². The molecule has 1 fully saturated rings. The number of aromatic nitrogens is 1. The van der Waals surface area contributed by atoms with E-state index in [0.717, 1.165) is 44.3 Å². The van der Waals surface area contributed by atoms with Crippen molar-refractivity contribution in [3.63, 3.8) is 0 Å². The number of Topliss-reactive ketones (excluding diaryl/α,β-unsaturated/α-hetero) is 1. The van der Waals surface area contributed by atoms with Gasteiger partial charge >= 0.3 is 0 Å². The van der Waals surface area contributed by atoms with E-state index in [4.69, 9.17) is 4.98 Å². The van der Waals surface area contributed by atoms with Crippen LogP contribution in [0.25, 0.3) is 0 Å². The standard InChI is InChI=1S/C23H35N3O2/c1-17(27)16-26-14-12-19(15-23(26,2)3)22(28)24-13-6-8-20-11-10-18-7-4-5-9-21(18)25-20/h10-11,19H,4-9,12-16H2,1-3H3,(H,24,28). The predicted molar refractivity (Wildman–Crippen MR) is 111 cm³/mol. The molecule has 2 heterocycles. The lowest BCUT2D eigenvalue weighted by Crippen LogP contribution is -2.53. The van der Waals surface area contributed by atoms with Crippen molar-refractivity contribution in [2.45, 2.75) is 77.7 Å². The molecule has 28 heavy (non-hydrogen) atoms. The third-order valence-electron chi connectivity index (χ3n) is 6.28. The van der Waals surface area contributed by atoms with Crippen LogP contribution in [-0.2, 0) is 28.9 Å². The topological polar surface area (TPSA) is 62.3 Å². The lowest BCUT2D eigenvalue weighted by atomic mass is 9.82. The minimum Gasteiger partial charge on any atom is -0.356 e. The number of rotatable bonds is 7. The third-order valence-corrected chi connectivity index (χ3v) is 6.28. The highest BCUT2D eigenvalue weighted by atomic mass is 16.2. The molecule has 1 saturated heterocycles. The summed E-state index contributed by atoms with van der Waals surface area (Å²) in [4.78, 5) is 31.1. The molecule has 154 valence electrons. The number of pyridine rings is 1. The van der Waals surface area contributed by atoms with Crippen LogP contribution in [0.15, 0.2) is 12.1 Å². The van der Waals surface area contributed by atoms with Gasteiger partial charge in [-0.3, -0.25) is 19.5 Å². The molecule has 1 N–H and O–H groups in total. The molecule has 1 aromatic rings. The summed E-state index contributed by atoms with van der Waals surface area (Å²) in [7, 11) is 0. The van der Waals surface area contributed by atoms with Crippen molar-refractivity contribution in [1.29, 1.82) is 0 Å². The smallest absolute Gasteiger partial charge is 0.223 e. The lowest BCUT2D eigenvalue weighted by Gasteiger charge is -2.44. The Labute approximate surface area is 169 Å². The normalized spacial score (nSPS) is 21.8. The summed E-state index contributed by atoms with van der Waals surface area (Å²) in [6.45, 7) is 7.89. The van der Waals surface area contributed by atoms with Crippen LogP contribution in [0.5, 0.6) is 0 Å². The Kier molecular flexibility index (Phi) is 6.86. The number of aryl methyl sites for hydroxylation is 3. The second-order valence-electron chi connectivity index (χ2n) is 9.14. The number of hydrogen-bond acceptors (Lipinski definition) is 4. The predicted octanol–water partition coefficient (Wildman–Crippen LogP) is 3.09. The molecule has 1 atom stereocenters. The minimum atomic E-state index is -0.112. The Balaban J connectivity index is 1.42. The summed E-state index contributed by atoms with van der Waals surface area (Å²) < 4.78 is 0. The van der Waals surface area contributed by atoms with E-state index in [9.17, 15) is 9.59 Å². The number of carbonyl (C=O) groups excluding carboxylic acids is 2. The molecule has 0 bridgehead atoms. The summed E-state index contributed by atoms with van der Waals surface area (Å²) in [6, 6.07) is 4.39. The summed E-state index contributed by atoms with van der Waals surface area (Å²) in [5.74, 6) is 0.390. The SMILES string of the molecule is CC(=O)CN1CCC(C(=O)NCCCc2ccc3c(n2)CCCC3)CC1(C)C. The Bertz CT molecular complexity index is 714. The molecular weight excluding hydrogens is 350 g/mol. The van der Waals surface area contributed by atoms with Gasteiger partial charge in [0.1, 0.15) is 5.78 Å². The quantitative estimate of drug-likeness (QED) is 0.733. The molecule has 1 amide bonds. The average Bonchev–Trinajstić information content (AvgIpc) is 2.66. The van der Waals surface area contributed by atoms with Gasteiger partial charge in [-0.1, -0.05) is 6.07 Å². The van der Waals surface area contributed by atoms with Crippen LogP contribution in [0.3, 0.4) is 0 Å². The first kappa shape index (κ1) is 21.0. The molecule has 5 nitrogen and oxygen atoms in total. The van der Waals surface area contributed by atoms with Crippen molar-refractivity contribution >= 4 is 11.7 Å². The van der Waals surface area contributed by atoms with Gasteiger partial charge in [0.05, 0.1) is 6.54 Å². The summed E-state index contributed by atoms with van der Waals surface area (Å²) in [6.07, 6.45) is 8.28. The number of amides is 1. The number of nitrogens with one attached hydrogen (secondary N) is 1. The molecule has 5 heteroatoms. The zero-order chi connectivity index (χ0) is 20.1. The van der Waals surface area contributed by atoms with Crippen molar-refractivity contribution in [2.24, 2.45) is 5.92 Å². The average molecular weight is 386 g/mol. The van der Waals surface area contributed by atoms with Gasteiger partial charge in [-0.05, 0) is 90.3 Å². The van der Waals surface area contributed by atoms with Crippen molar-refractivity contribution < 1.29 is 9.59 Å². The largest absolute Gasteiger partial charge is 0.356 e. The highest BCUT2D eigenvalue weighted by Crippen LogP contribution is 2.31. The van der Waals surface area contributed by atoms with E-state index in [-0.39, 0.29) is 23.1 Å². The number of carbonyl (C=O) groups is 2. The van der Waals surface area contributed by atoms with E-state index in [1.165, 1.54) is 30.5 Å². The van der Waals surface area contributed by atoms with Crippen molar-refractivity contribution in [1.82, 2.24) is 15.2 Å². The maximum atomic E-state index is 12.6. The Morgan fingerprint density at radius 1 is 1.25 bits per heavy atom. The van der Waals surface area contributed by atoms with Gasteiger partial charge in [-0.25, -0.2) is 0 Å². The third kappa shape index (κ3) is 5.40. The molecule has 0 saturated carbocycles. The van der Waals surface area contributed by atoms with Gasteiger partial charge in [0.2, 0.25) is 5.91 Å². The van der Waals surface area contributed by atoms with Gasteiger partial charge < -0.3 is 5.32 Å². The minimum absolute atomic E-state index is 0.0417. The zero-order valence-electron chi connectivity index (χ0n) is 17.7. The van der Waals surface area contributed by atoms with Crippen molar-refractivity contribution in [2.75, 3.05) is 19.6 Å². The number of likely N-dealkylation sites (tertiary alicyclic amines) is 1. The molecule has 2 aliphatic rings. The molecule has 1 unspecified atom stereocenters. The number of ketones is 1. The van der Waals surface area contributed by atoms with Gasteiger partial charge in [-0.15, -0.1) is 0 Å². The molecular formula is C23H35N3O2. The van der Waals surface area contributed by atoms with Crippen molar-refractivity contribution in [3.05, 3.63) is 29.1 Å². The Morgan fingerprint density at radius 2 is 2.04 bits per heavy atom. The lowest BCUT2D eigenvalue weighted by molar-refractivity contribution is -0.129. The molecule has 1 aliphatic carbocycles. The first-order valence-electron chi connectivity index (χ1n) is 10.8. The number of fused-ring (bicyclic) bond motifs is 1. The van der Waals surface area contributed by atoms with E-state index >= 15 is 0 Å². The number of nitrogens with zero attached hydrogens (tertiary/aromatic N) is 2. The second-order valence-corrected chi connectivity index (χ2v) is 9.14. The van der Waals surface area contributed by atoms with Crippen LogP contribution < -0.4 is 5.32 Å². The first-order valence-corrected chi connectivity index (χ1v) is 10.8. The van der Waals surface area contributed by atoms with Gasteiger partial charge in [0.15, 0.2) is 0 Å². The number of piperidine rings is 1. The molecule has 0 spiro atoms. The summed E-state index contributed by atoms with van der Waals surface area (Å²) in [5.41, 5.74) is 3.74. The molecule has 1 aromatic heterocycles. The van der Waals surface area contributed by atoms with E-state index < -0.39 is 0 Å². The Hall–Kier alpha value is -1.75. The number of hydrogen-bond donors (Lipinski definition) is 1. The molecule has 0 radical (unpaired) electrons. The maximum absolute atomic E-state index is 12.6. The highest BCUT2D eigenvalue weighted by molar-refractivity contribution is 5.79. The van der Waals surface area contributed by atoms with Crippen LogP contribution in [0.2, 0.25) is 0 Å². The van der Waals surface area contributed by atoms with E-state index in [1.54, 1.807) is 6.92 Å². The van der Waals surface area contributed by atoms with Crippen molar-refractivity contribution in [3.8, 4) is 0 Å². The maximum Gasteiger partial charge on any atom is 0.223 e. The summed E-state index contributed by atoms with van der Waals surface area (Å²) in [5, 5.41) is 3.13. The van der Waals surface area contributed by atoms with E-state index in [0.29, 0.717) is 13.1 Å². The van der Waals surface area contributed by atoms with Crippen LogP contribution in [0.4, 0.5) is 0 Å². The van der Waals surface area contributed by atoms with Crippen LogP contribution in [-0.4, -0.2) is 46.7 Å². The van der Waals surface area contributed by atoms with E-state index in [1.807, 2.05) is 0 Å².